The van der Waals surface area contributed by atoms with Crippen LogP contribution in [0.1, 0.15) is 34.8 Å². The van der Waals surface area contributed by atoms with E-state index in [1.54, 1.807) is 13.8 Å². The van der Waals surface area contributed by atoms with Crippen molar-refractivity contribution in [3.05, 3.63) is 53.7 Å². The predicted octanol–water partition coefficient (Wildman–Crippen LogP) is 1.52. The van der Waals surface area contributed by atoms with E-state index in [-0.39, 0.29) is 23.7 Å². The Labute approximate surface area is 150 Å². The van der Waals surface area contributed by atoms with Crippen LogP contribution in [0.2, 0.25) is 0 Å². The smallest absolute Gasteiger partial charge is 0.305 e. The Morgan fingerprint density at radius 2 is 1.77 bits per heavy atom. The summed E-state index contributed by atoms with van der Waals surface area (Å²) in [5, 5.41) is 0. The average molecular weight is 383 g/mol. The van der Waals surface area contributed by atoms with Gasteiger partial charge in [-0.15, -0.1) is 0 Å². The summed E-state index contributed by atoms with van der Waals surface area (Å²) in [6, 6.07) is 5.76. The molecule has 1 aromatic carbocycles. The number of carbonyl (C=O) groups excluding carboxylic acids is 2. The van der Waals surface area contributed by atoms with Gasteiger partial charge in [-0.05, 0) is 30.3 Å². The van der Waals surface area contributed by atoms with Crippen molar-refractivity contribution in [3.8, 4) is 0 Å². The minimum Gasteiger partial charge on any atom is -0.459 e. The number of nitrogens with one attached hydrogen (secondary N) is 2. The van der Waals surface area contributed by atoms with Crippen molar-refractivity contribution >= 4 is 21.8 Å². The van der Waals surface area contributed by atoms with Crippen molar-refractivity contribution in [2.45, 2.75) is 18.7 Å². The summed E-state index contributed by atoms with van der Waals surface area (Å²) in [4.78, 5) is 23.6. The number of benzene rings is 1. The molecule has 0 atom stereocenters. The second-order valence-corrected chi connectivity index (χ2v) is 7.05. The van der Waals surface area contributed by atoms with Crippen LogP contribution in [0.15, 0.2) is 45.9 Å². The number of furan rings is 1. The number of halogens is 1. The minimum absolute atomic E-state index is 0.0522. The van der Waals surface area contributed by atoms with Crippen molar-refractivity contribution in [1.82, 2.24) is 15.2 Å². The summed E-state index contributed by atoms with van der Waals surface area (Å²) in [6.45, 7) is 3.80. The van der Waals surface area contributed by atoms with E-state index in [0.717, 1.165) is 18.2 Å². The number of nitrogens with zero attached hydrogens (tertiary/aromatic N) is 1. The third-order valence-electron chi connectivity index (χ3n) is 3.56. The molecule has 2 amide bonds. The molecule has 0 spiro atoms. The standard InChI is InChI=1S/C16H18FN3O5S/c1-3-20(4-2)26(23,24)11-7-8-13(17)12(10-11)15(21)18-19-16(22)14-6-5-9-25-14/h5-10H,3-4H2,1-2H3,(H,18,21)(H,19,22). The highest BCUT2D eigenvalue weighted by molar-refractivity contribution is 7.89. The molecule has 0 radical (unpaired) electrons. The zero-order chi connectivity index (χ0) is 19.3. The molecule has 0 bridgehead atoms. The summed E-state index contributed by atoms with van der Waals surface area (Å²) in [7, 11) is -3.86. The van der Waals surface area contributed by atoms with Crippen LogP contribution in [0.4, 0.5) is 4.39 Å². The minimum atomic E-state index is -3.86. The van der Waals surface area contributed by atoms with E-state index in [4.69, 9.17) is 4.42 Å². The highest BCUT2D eigenvalue weighted by Gasteiger charge is 2.24. The molecule has 140 valence electrons. The number of hydrogen-bond donors (Lipinski definition) is 2. The highest BCUT2D eigenvalue weighted by atomic mass is 32.2. The third kappa shape index (κ3) is 4.09. The van der Waals surface area contributed by atoms with Gasteiger partial charge in [0.1, 0.15) is 5.82 Å². The van der Waals surface area contributed by atoms with Gasteiger partial charge in [-0.25, -0.2) is 12.8 Å². The molecular weight excluding hydrogens is 365 g/mol. The Balaban J connectivity index is 2.21. The first-order valence-corrected chi connectivity index (χ1v) is 9.19. The monoisotopic (exact) mass is 383 g/mol. The first-order valence-electron chi connectivity index (χ1n) is 7.75. The summed E-state index contributed by atoms with van der Waals surface area (Å²) in [5.74, 6) is -2.72. The van der Waals surface area contributed by atoms with Crippen LogP contribution in [0.3, 0.4) is 0 Å². The molecule has 1 heterocycles. The van der Waals surface area contributed by atoms with Gasteiger partial charge in [-0.1, -0.05) is 13.8 Å². The van der Waals surface area contributed by atoms with Crippen molar-refractivity contribution in [2.24, 2.45) is 0 Å². The fourth-order valence-electron chi connectivity index (χ4n) is 2.20. The SMILES string of the molecule is CCN(CC)S(=O)(=O)c1ccc(F)c(C(=O)NNC(=O)c2ccco2)c1. The van der Waals surface area contributed by atoms with E-state index in [1.165, 1.54) is 22.7 Å². The number of amides is 2. The van der Waals surface area contributed by atoms with E-state index in [1.807, 2.05) is 5.43 Å². The second-order valence-electron chi connectivity index (χ2n) is 5.12. The molecule has 8 nitrogen and oxygen atoms in total. The Morgan fingerprint density at radius 1 is 1.12 bits per heavy atom. The van der Waals surface area contributed by atoms with Crippen LogP contribution in [-0.4, -0.2) is 37.6 Å². The van der Waals surface area contributed by atoms with Gasteiger partial charge in [0.15, 0.2) is 5.76 Å². The van der Waals surface area contributed by atoms with Crippen molar-refractivity contribution in [2.75, 3.05) is 13.1 Å². The molecule has 0 fully saturated rings. The van der Waals surface area contributed by atoms with Crippen LogP contribution in [0.25, 0.3) is 0 Å². The number of hydrazine groups is 1. The lowest BCUT2D eigenvalue weighted by Crippen LogP contribution is -2.42. The molecule has 1 aromatic heterocycles. The quantitative estimate of drug-likeness (QED) is 0.735. The van der Waals surface area contributed by atoms with Gasteiger partial charge >= 0.3 is 5.91 Å². The third-order valence-corrected chi connectivity index (χ3v) is 5.61. The molecule has 2 N–H and O–H groups in total. The number of hydrogen-bond acceptors (Lipinski definition) is 5. The summed E-state index contributed by atoms with van der Waals surface area (Å²) < 4.78 is 45.0. The van der Waals surface area contributed by atoms with Crippen LogP contribution in [0, 0.1) is 5.82 Å². The van der Waals surface area contributed by atoms with E-state index in [9.17, 15) is 22.4 Å². The molecule has 26 heavy (non-hydrogen) atoms. The Kier molecular flexibility index (Phi) is 6.11. The zero-order valence-corrected chi connectivity index (χ0v) is 15.0. The molecule has 0 aliphatic rings. The van der Waals surface area contributed by atoms with Gasteiger partial charge in [0.25, 0.3) is 5.91 Å². The fourth-order valence-corrected chi connectivity index (χ4v) is 3.69. The molecular formula is C16H18FN3O5S. The first-order chi connectivity index (χ1) is 12.3. The van der Waals surface area contributed by atoms with Crippen LogP contribution >= 0.6 is 0 Å². The Bertz CT molecular complexity index is 893. The van der Waals surface area contributed by atoms with Crippen LogP contribution in [-0.2, 0) is 10.0 Å². The highest BCUT2D eigenvalue weighted by Crippen LogP contribution is 2.19. The maximum absolute atomic E-state index is 14.0. The summed E-state index contributed by atoms with van der Waals surface area (Å²) in [6.07, 6.45) is 1.28. The lowest BCUT2D eigenvalue weighted by atomic mass is 10.2. The maximum atomic E-state index is 14.0. The normalized spacial score (nSPS) is 11.4. The van der Waals surface area contributed by atoms with Gasteiger partial charge in [-0.3, -0.25) is 20.4 Å². The average Bonchev–Trinajstić information content (AvgIpc) is 3.15. The summed E-state index contributed by atoms with van der Waals surface area (Å²) in [5.41, 5.74) is 3.56. The van der Waals surface area contributed by atoms with E-state index >= 15 is 0 Å². The Hall–Kier alpha value is -2.72. The zero-order valence-electron chi connectivity index (χ0n) is 14.2. The lowest BCUT2D eigenvalue weighted by Gasteiger charge is -2.19. The predicted molar refractivity (Wildman–Crippen MR) is 90.1 cm³/mol. The molecule has 10 heteroatoms. The number of sulfonamides is 1. The first kappa shape index (κ1) is 19.6. The maximum Gasteiger partial charge on any atom is 0.305 e. The molecule has 2 aromatic rings. The topological polar surface area (TPSA) is 109 Å². The second kappa shape index (κ2) is 8.11. The van der Waals surface area contributed by atoms with Gasteiger partial charge in [0, 0.05) is 13.1 Å². The number of rotatable bonds is 6. The number of carbonyl (C=O) groups is 2. The van der Waals surface area contributed by atoms with E-state index in [2.05, 4.69) is 5.43 Å². The van der Waals surface area contributed by atoms with Gasteiger partial charge in [-0.2, -0.15) is 4.31 Å². The lowest BCUT2D eigenvalue weighted by molar-refractivity contribution is 0.0828. The summed E-state index contributed by atoms with van der Waals surface area (Å²) >= 11 is 0. The van der Waals surface area contributed by atoms with Crippen molar-refractivity contribution in [1.29, 1.82) is 0 Å². The largest absolute Gasteiger partial charge is 0.459 e. The fraction of sp³-hybridized carbons (Fsp3) is 0.250. The van der Waals surface area contributed by atoms with E-state index in [0.29, 0.717) is 0 Å². The molecule has 0 aliphatic heterocycles. The van der Waals surface area contributed by atoms with Gasteiger partial charge in [0.2, 0.25) is 10.0 Å². The van der Waals surface area contributed by atoms with Crippen molar-refractivity contribution < 1.29 is 26.8 Å². The van der Waals surface area contributed by atoms with Gasteiger partial charge in [0.05, 0.1) is 16.7 Å². The van der Waals surface area contributed by atoms with E-state index < -0.39 is 33.2 Å². The van der Waals surface area contributed by atoms with Crippen molar-refractivity contribution in [3.63, 3.8) is 0 Å². The molecule has 2 rings (SSSR count). The Morgan fingerprint density at radius 3 is 2.35 bits per heavy atom. The van der Waals surface area contributed by atoms with Crippen LogP contribution in [0.5, 0.6) is 0 Å². The van der Waals surface area contributed by atoms with Gasteiger partial charge < -0.3 is 4.42 Å². The van der Waals surface area contributed by atoms with Crippen LogP contribution < -0.4 is 10.9 Å². The molecule has 0 unspecified atom stereocenters. The molecule has 0 saturated carbocycles. The molecule has 0 saturated heterocycles. The molecule has 0 aliphatic carbocycles.